The van der Waals surface area contributed by atoms with E-state index in [0.29, 0.717) is 5.69 Å². The molecule has 1 aliphatic heterocycles. The summed E-state index contributed by atoms with van der Waals surface area (Å²) in [6, 6.07) is 11.4. The summed E-state index contributed by atoms with van der Waals surface area (Å²) in [5.41, 5.74) is 2.49. The molecule has 0 saturated carbocycles. The maximum atomic E-state index is 12.8. The molecule has 0 unspecified atom stereocenters. The lowest BCUT2D eigenvalue weighted by Crippen LogP contribution is -2.43. The molecule has 1 amide bonds. The number of hydrogen-bond donors (Lipinski definition) is 0. The fourth-order valence-corrected chi connectivity index (χ4v) is 3.04. The zero-order valence-corrected chi connectivity index (χ0v) is 13.5. The van der Waals surface area contributed by atoms with Gasteiger partial charge in [0.2, 0.25) is 0 Å². The molecular formula is C18H20N2O3. The zero-order valence-electron chi connectivity index (χ0n) is 13.5. The van der Waals surface area contributed by atoms with E-state index in [1.165, 1.54) is 0 Å². The molecule has 2 aromatic rings. The maximum Gasteiger partial charge on any atom is 0.355 e. The number of aryl methyl sites for hydroxylation is 1. The van der Waals surface area contributed by atoms with E-state index in [9.17, 15) is 9.59 Å². The van der Waals surface area contributed by atoms with Crippen LogP contribution in [0.1, 0.15) is 29.9 Å². The number of esters is 1. The van der Waals surface area contributed by atoms with Crippen molar-refractivity contribution in [2.24, 2.45) is 7.05 Å². The molecule has 0 fully saturated rings. The summed E-state index contributed by atoms with van der Waals surface area (Å²) in [4.78, 5) is 26.7. The van der Waals surface area contributed by atoms with E-state index in [-0.39, 0.29) is 11.9 Å². The molecule has 5 nitrogen and oxygen atoms in total. The minimum atomic E-state index is -0.828. The number of rotatable bonds is 3. The van der Waals surface area contributed by atoms with Gasteiger partial charge in [-0.25, -0.2) is 4.79 Å². The average molecular weight is 312 g/mol. The van der Waals surface area contributed by atoms with Crippen molar-refractivity contribution in [1.82, 2.24) is 4.57 Å². The summed E-state index contributed by atoms with van der Waals surface area (Å²) in [5, 5.41) is 0. The Hall–Kier alpha value is -2.56. The Morgan fingerprint density at radius 1 is 1.22 bits per heavy atom. The van der Waals surface area contributed by atoms with Crippen molar-refractivity contribution in [3.05, 3.63) is 53.9 Å². The van der Waals surface area contributed by atoms with E-state index < -0.39 is 12.1 Å². The molecule has 5 heteroatoms. The average Bonchev–Trinajstić information content (AvgIpc) is 3.08. The molecule has 3 rings (SSSR count). The molecule has 0 spiro atoms. The highest BCUT2D eigenvalue weighted by Gasteiger charge is 2.34. The van der Waals surface area contributed by atoms with Gasteiger partial charge in [0.25, 0.3) is 5.91 Å². The third-order valence-electron chi connectivity index (χ3n) is 4.23. The Kier molecular flexibility index (Phi) is 3.94. The van der Waals surface area contributed by atoms with Crippen LogP contribution in [-0.4, -0.2) is 28.6 Å². The summed E-state index contributed by atoms with van der Waals surface area (Å²) in [6.45, 7) is 3.63. The first-order valence-electron chi connectivity index (χ1n) is 7.72. The van der Waals surface area contributed by atoms with E-state index in [1.807, 2.05) is 31.2 Å². The third kappa shape index (κ3) is 2.74. The topological polar surface area (TPSA) is 51.5 Å². The van der Waals surface area contributed by atoms with Crippen molar-refractivity contribution < 1.29 is 14.3 Å². The van der Waals surface area contributed by atoms with Gasteiger partial charge in [0.05, 0.1) is 0 Å². The van der Waals surface area contributed by atoms with Gasteiger partial charge in [0, 0.05) is 25.0 Å². The van der Waals surface area contributed by atoms with Gasteiger partial charge in [-0.05, 0) is 44.0 Å². The molecule has 1 aromatic carbocycles. The fraction of sp³-hybridized carbons (Fsp3) is 0.333. The Labute approximate surface area is 135 Å². The number of carbonyl (C=O) groups excluding carboxylic acids is 2. The number of benzene rings is 1. The summed E-state index contributed by atoms with van der Waals surface area (Å²) in [6.07, 6.45) is 1.76. The zero-order chi connectivity index (χ0) is 16.6. The smallest absolute Gasteiger partial charge is 0.355 e. The van der Waals surface area contributed by atoms with Crippen LogP contribution in [0, 0.1) is 0 Å². The summed E-state index contributed by atoms with van der Waals surface area (Å²) < 4.78 is 7.04. The van der Waals surface area contributed by atoms with Crippen LogP contribution in [-0.2, 0) is 23.0 Å². The molecule has 120 valence electrons. The number of fused-ring (bicyclic) bond motifs is 1. The third-order valence-corrected chi connectivity index (χ3v) is 4.23. The van der Waals surface area contributed by atoms with Crippen molar-refractivity contribution in [2.45, 2.75) is 32.4 Å². The molecule has 2 atom stereocenters. The molecule has 0 radical (unpaired) electrons. The number of anilines is 1. The lowest BCUT2D eigenvalue weighted by Gasteiger charge is -2.25. The van der Waals surface area contributed by atoms with Crippen LogP contribution >= 0.6 is 0 Å². The highest BCUT2D eigenvalue weighted by atomic mass is 16.5. The lowest BCUT2D eigenvalue weighted by molar-refractivity contribution is -0.126. The highest BCUT2D eigenvalue weighted by Crippen LogP contribution is 2.32. The first kappa shape index (κ1) is 15.3. The molecule has 1 aliphatic rings. The van der Waals surface area contributed by atoms with Crippen LogP contribution in [0.3, 0.4) is 0 Å². The molecule has 23 heavy (non-hydrogen) atoms. The molecule has 2 heterocycles. The van der Waals surface area contributed by atoms with E-state index in [0.717, 1.165) is 17.7 Å². The number of nitrogens with zero attached hydrogens (tertiary/aromatic N) is 2. The Bertz CT molecular complexity index is 750. The summed E-state index contributed by atoms with van der Waals surface area (Å²) >= 11 is 0. The number of hydrogen-bond acceptors (Lipinski definition) is 3. The van der Waals surface area contributed by atoms with Crippen LogP contribution in [0.2, 0.25) is 0 Å². The number of carbonyl (C=O) groups is 2. The van der Waals surface area contributed by atoms with Crippen LogP contribution < -0.4 is 4.90 Å². The van der Waals surface area contributed by atoms with E-state index in [2.05, 4.69) is 0 Å². The van der Waals surface area contributed by atoms with Gasteiger partial charge in [0.1, 0.15) is 5.69 Å². The molecule has 0 saturated heterocycles. The van der Waals surface area contributed by atoms with Crippen molar-refractivity contribution in [2.75, 3.05) is 4.90 Å². The quantitative estimate of drug-likeness (QED) is 0.819. The summed E-state index contributed by atoms with van der Waals surface area (Å²) in [5.74, 6) is -0.677. The van der Waals surface area contributed by atoms with Gasteiger partial charge in [0.15, 0.2) is 6.10 Å². The minimum Gasteiger partial charge on any atom is -0.448 e. The first-order chi connectivity index (χ1) is 11.0. The predicted molar refractivity (Wildman–Crippen MR) is 87.4 cm³/mol. The van der Waals surface area contributed by atoms with Gasteiger partial charge >= 0.3 is 5.97 Å². The fourth-order valence-electron chi connectivity index (χ4n) is 3.04. The van der Waals surface area contributed by atoms with Crippen molar-refractivity contribution in [3.63, 3.8) is 0 Å². The second-order valence-electron chi connectivity index (χ2n) is 5.94. The van der Waals surface area contributed by atoms with Crippen LogP contribution in [0.4, 0.5) is 5.69 Å². The number of para-hydroxylation sites is 1. The Morgan fingerprint density at radius 2 is 1.96 bits per heavy atom. The van der Waals surface area contributed by atoms with E-state index >= 15 is 0 Å². The van der Waals surface area contributed by atoms with Crippen LogP contribution in [0.25, 0.3) is 0 Å². The van der Waals surface area contributed by atoms with Crippen molar-refractivity contribution >= 4 is 17.6 Å². The monoisotopic (exact) mass is 312 g/mol. The summed E-state index contributed by atoms with van der Waals surface area (Å²) in [7, 11) is 1.77. The normalized spacial score (nSPS) is 17.7. The van der Waals surface area contributed by atoms with Crippen molar-refractivity contribution in [1.29, 1.82) is 0 Å². The van der Waals surface area contributed by atoms with Gasteiger partial charge in [-0.2, -0.15) is 0 Å². The predicted octanol–water partition coefficient (Wildman–Crippen LogP) is 2.55. The molecule has 1 aromatic heterocycles. The van der Waals surface area contributed by atoms with Gasteiger partial charge in [-0.1, -0.05) is 18.2 Å². The maximum absolute atomic E-state index is 12.8. The second-order valence-corrected chi connectivity index (χ2v) is 5.94. The van der Waals surface area contributed by atoms with Crippen LogP contribution in [0.5, 0.6) is 0 Å². The van der Waals surface area contributed by atoms with E-state index in [4.69, 9.17) is 4.74 Å². The number of amides is 1. The van der Waals surface area contributed by atoms with Crippen molar-refractivity contribution in [3.8, 4) is 0 Å². The molecule has 0 bridgehead atoms. The molecule has 0 N–H and O–H groups in total. The van der Waals surface area contributed by atoms with Gasteiger partial charge < -0.3 is 14.2 Å². The Morgan fingerprint density at radius 3 is 2.65 bits per heavy atom. The van der Waals surface area contributed by atoms with Gasteiger partial charge in [-0.15, -0.1) is 0 Å². The Balaban J connectivity index is 1.75. The first-order valence-corrected chi connectivity index (χ1v) is 7.72. The number of ether oxygens (including phenoxy) is 1. The second kappa shape index (κ2) is 5.91. The minimum absolute atomic E-state index is 0.0658. The largest absolute Gasteiger partial charge is 0.448 e. The lowest BCUT2D eigenvalue weighted by atomic mass is 10.1. The van der Waals surface area contributed by atoms with E-state index in [1.54, 1.807) is 41.8 Å². The highest BCUT2D eigenvalue weighted by molar-refractivity contribution is 6.00. The van der Waals surface area contributed by atoms with Gasteiger partial charge in [-0.3, -0.25) is 4.79 Å². The number of aromatic nitrogens is 1. The van der Waals surface area contributed by atoms with Crippen LogP contribution in [0.15, 0.2) is 42.6 Å². The molecular weight excluding hydrogens is 292 g/mol. The molecule has 0 aliphatic carbocycles. The standard InChI is InChI=1S/C18H20N2O3/c1-12-11-14-7-4-5-8-15(14)20(12)17(21)13(2)23-18(22)16-9-6-10-19(16)3/h4-10,12-13H,11H2,1-3H3/t12-,13+/m1/s1. The SMILES string of the molecule is C[C@H](OC(=O)c1cccn1C)C(=O)N1c2ccccc2C[C@H]1C.